The Kier molecular flexibility index (Phi) is 40.1. The van der Waals surface area contributed by atoms with E-state index in [1.807, 2.05) is 0 Å². The Morgan fingerprint density at radius 1 is 1.44 bits per heavy atom. The Morgan fingerprint density at radius 2 is 1.78 bits per heavy atom. The van der Waals surface area contributed by atoms with Crippen molar-refractivity contribution in [2.24, 2.45) is 0 Å². The van der Waals surface area contributed by atoms with Crippen molar-refractivity contribution in [1.82, 2.24) is 0 Å². The highest BCUT2D eigenvalue weighted by Gasteiger charge is 1.79. The fraction of sp³-hybridized carbons (Fsp3) is 0.250. The van der Waals surface area contributed by atoms with Gasteiger partial charge in [-0.05, 0) is 0 Å². The van der Waals surface area contributed by atoms with Crippen molar-refractivity contribution >= 4 is 43.2 Å². The third-order valence-electron chi connectivity index (χ3n) is 0.249. The molecule has 0 amide bonds. The maximum Gasteiger partial charge on any atom is 0.307 e. The van der Waals surface area contributed by atoms with Crippen LogP contribution in [0.2, 0.25) is 0 Å². The van der Waals surface area contributed by atoms with Gasteiger partial charge in [0, 0.05) is 6.92 Å². The van der Waals surface area contributed by atoms with Crippen LogP contribution in [0.25, 0.3) is 0 Å². The zero-order valence-electron chi connectivity index (χ0n) is 4.83. The first kappa shape index (κ1) is 23.0. The summed E-state index contributed by atoms with van der Waals surface area (Å²) < 4.78 is 4.17. The molecule has 0 heterocycles. The molecule has 0 unspecified atom stereocenters. The van der Waals surface area contributed by atoms with Crippen LogP contribution in [0.4, 0.5) is 0 Å². The summed E-state index contributed by atoms with van der Waals surface area (Å²) in [5, 5.41) is 0. The third-order valence-corrected chi connectivity index (χ3v) is 0.249. The van der Waals surface area contributed by atoms with Crippen LogP contribution in [0.5, 0.6) is 0 Å². The molecule has 58 valence electrons. The first-order valence-electron chi connectivity index (χ1n) is 1.55. The van der Waals surface area contributed by atoms with Crippen molar-refractivity contribution < 1.29 is 9.53 Å². The van der Waals surface area contributed by atoms with E-state index in [0.29, 0.717) is 0 Å². The van der Waals surface area contributed by atoms with Crippen molar-refractivity contribution in [2.75, 3.05) is 0 Å². The molecule has 0 aliphatic heterocycles. The summed E-state index contributed by atoms with van der Waals surface area (Å²) in [6.45, 7) is 4.48. The lowest BCUT2D eigenvalue weighted by Gasteiger charge is -1.83. The van der Waals surface area contributed by atoms with Gasteiger partial charge in [-0.1, -0.05) is 6.58 Å². The van der Waals surface area contributed by atoms with Gasteiger partial charge in [-0.3, -0.25) is 4.79 Å². The van der Waals surface area contributed by atoms with E-state index in [-0.39, 0.29) is 43.2 Å². The first-order chi connectivity index (χ1) is 2.77. The number of hydrogen-bond donors (Lipinski definition) is 0. The second-order valence-corrected chi connectivity index (χ2v) is 0.776. The maximum absolute atomic E-state index is 9.75. The quantitative estimate of drug-likeness (QED) is 0.472. The zero-order chi connectivity index (χ0) is 4.99. The normalized spacial score (nSPS) is 4.56. The lowest BCUT2D eigenvalue weighted by atomic mass is 10.8. The number of esters is 1. The molecule has 0 radical (unpaired) electrons. The molecular weight excluding hydrogens is 186 g/mol. The highest BCUT2D eigenvalue weighted by atomic mass is 35.5. The fourth-order valence-corrected chi connectivity index (χ4v) is 0.117. The lowest BCUT2D eigenvalue weighted by molar-refractivity contribution is -0.135. The van der Waals surface area contributed by atoms with Crippen LogP contribution in [0.15, 0.2) is 12.8 Å². The molecule has 5 heteroatoms. The summed E-state index contributed by atoms with van der Waals surface area (Å²) in [4.78, 5) is 9.75. The van der Waals surface area contributed by atoms with Crippen molar-refractivity contribution in [2.45, 2.75) is 6.92 Å². The van der Waals surface area contributed by atoms with E-state index in [9.17, 15) is 4.79 Å². The summed E-state index contributed by atoms with van der Waals surface area (Å²) in [6, 6.07) is 0. The molecule has 0 aromatic heterocycles. The van der Waals surface area contributed by atoms with Gasteiger partial charge in [0.05, 0.1) is 6.26 Å². The number of halogens is 3. The van der Waals surface area contributed by atoms with Crippen molar-refractivity contribution in [3.05, 3.63) is 12.8 Å². The Hall–Kier alpha value is 0.0800. The van der Waals surface area contributed by atoms with Crippen LogP contribution in [-0.2, 0) is 9.53 Å². The van der Waals surface area contributed by atoms with Crippen LogP contribution >= 0.6 is 37.2 Å². The van der Waals surface area contributed by atoms with E-state index in [1.54, 1.807) is 0 Å². The molecule has 0 aliphatic rings. The summed E-state index contributed by atoms with van der Waals surface area (Å²) in [7, 11) is 0. The molecular formula is C4H9Cl3O2. The molecule has 0 spiro atoms. The van der Waals surface area contributed by atoms with Gasteiger partial charge >= 0.3 is 5.97 Å². The molecule has 0 bridgehead atoms. The van der Waals surface area contributed by atoms with Gasteiger partial charge in [0.1, 0.15) is 0 Å². The van der Waals surface area contributed by atoms with Gasteiger partial charge in [-0.2, -0.15) is 0 Å². The maximum atomic E-state index is 9.75. The van der Waals surface area contributed by atoms with Gasteiger partial charge in [-0.25, -0.2) is 0 Å². The van der Waals surface area contributed by atoms with Gasteiger partial charge in [0.2, 0.25) is 0 Å². The predicted octanol–water partition coefficient (Wildman–Crippen LogP) is 1.96. The Bertz CT molecular complexity index is 74.2. The summed E-state index contributed by atoms with van der Waals surface area (Å²) in [6.07, 6.45) is 1.10. The highest BCUT2D eigenvalue weighted by Crippen LogP contribution is 1.70. The van der Waals surface area contributed by atoms with E-state index < -0.39 is 0 Å². The largest absolute Gasteiger partial charge is 0.435 e. The highest BCUT2D eigenvalue weighted by molar-refractivity contribution is 5.86. The van der Waals surface area contributed by atoms with E-state index in [4.69, 9.17) is 0 Å². The first-order valence-corrected chi connectivity index (χ1v) is 1.55. The minimum atomic E-state index is -0.329. The molecule has 0 N–H and O–H groups in total. The number of carbonyl (C=O) groups is 1. The number of carbonyl (C=O) groups excluding carboxylic acids is 1. The topological polar surface area (TPSA) is 26.3 Å². The third kappa shape index (κ3) is 31.5. The van der Waals surface area contributed by atoms with Gasteiger partial charge < -0.3 is 4.74 Å². The Labute approximate surface area is 72.9 Å². The van der Waals surface area contributed by atoms with Gasteiger partial charge in [0.15, 0.2) is 0 Å². The molecule has 0 fully saturated rings. The van der Waals surface area contributed by atoms with Crippen LogP contribution in [0, 0.1) is 0 Å². The number of ether oxygens (including phenoxy) is 1. The van der Waals surface area contributed by atoms with Crippen LogP contribution in [-0.4, -0.2) is 5.97 Å². The molecule has 0 aromatic carbocycles. The second kappa shape index (κ2) is 15.7. The zero-order valence-corrected chi connectivity index (χ0v) is 7.28. The van der Waals surface area contributed by atoms with Crippen molar-refractivity contribution in [1.29, 1.82) is 0 Å². The van der Waals surface area contributed by atoms with Crippen molar-refractivity contribution in [3.63, 3.8) is 0 Å². The molecule has 9 heavy (non-hydrogen) atoms. The monoisotopic (exact) mass is 194 g/mol. The molecule has 0 saturated carbocycles. The number of rotatable bonds is 1. The number of hydrogen-bond acceptors (Lipinski definition) is 2. The summed E-state index contributed by atoms with van der Waals surface area (Å²) >= 11 is 0. The molecule has 0 rings (SSSR count). The summed E-state index contributed by atoms with van der Waals surface area (Å²) in [5.74, 6) is -0.329. The minimum absolute atomic E-state index is 0. The fourth-order valence-electron chi connectivity index (χ4n) is 0.117. The Balaban J connectivity index is -0.0000000417. The molecule has 2 nitrogen and oxygen atoms in total. The van der Waals surface area contributed by atoms with Gasteiger partial charge in [0.25, 0.3) is 0 Å². The average molecular weight is 195 g/mol. The van der Waals surface area contributed by atoms with E-state index in [2.05, 4.69) is 11.3 Å². The summed E-state index contributed by atoms with van der Waals surface area (Å²) in [5.41, 5.74) is 0. The minimum Gasteiger partial charge on any atom is -0.435 e. The standard InChI is InChI=1S/C4H6O2.3ClH/c1-3-6-4(2)5;;;/h3H,1H2,2H3;3*1H. The van der Waals surface area contributed by atoms with Gasteiger partial charge in [-0.15, -0.1) is 37.2 Å². The van der Waals surface area contributed by atoms with E-state index in [1.165, 1.54) is 6.92 Å². The van der Waals surface area contributed by atoms with Crippen LogP contribution < -0.4 is 0 Å². The Morgan fingerprint density at radius 3 is 1.78 bits per heavy atom. The molecule has 0 atom stereocenters. The molecule has 0 aromatic rings. The van der Waals surface area contributed by atoms with Crippen molar-refractivity contribution in [3.8, 4) is 0 Å². The second-order valence-electron chi connectivity index (χ2n) is 0.776. The molecule has 0 saturated heterocycles. The lowest BCUT2D eigenvalue weighted by Crippen LogP contribution is -1.87. The average Bonchev–Trinajstić information content (AvgIpc) is 1.35. The SMILES string of the molecule is C=COC(C)=O.Cl.Cl.Cl. The predicted molar refractivity (Wildman–Crippen MR) is 43.7 cm³/mol. The van der Waals surface area contributed by atoms with Crippen LogP contribution in [0.3, 0.4) is 0 Å². The molecule has 0 aliphatic carbocycles. The smallest absolute Gasteiger partial charge is 0.307 e. The van der Waals surface area contributed by atoms with E-state index in [0.717, 1.165) is 6.26 Å². The van der Waals surface area contributed by atoms with Crippen LogP contribution in [0.1, 0.15) is 6.92 Å². The van der Waals surface area contributed by atoms with E-state index >= 15 is 0 Å².